The van der Waals surface area contributed by atoms with Crippen molar-refractivity contribution in [2.45, 2.75) is 70.3 Å². The minimum absolute atomic E-state index is 0. The fourth-order valence-corrected chi connectivity index (χ4v) is 4.12. The number of unbranched alkanes of at least 4 members (excludes halogenated alkanes) is 5. The van der Waals surface area contributed by atoms with E-state index in [2.05, 4.69) is 47.8 Å². The number of nitrogens with one attached hydrogen (secondary N) is 1. The molecule has 1 aliphatic carbocycles. The van der Waals surface area contributed by atoms with E-state index in [0.29, 0.717) is 6.04 Å². The molecule has 1 unspecified atom stereocenters. The summed E-state index contributed by atoms with van der Waals surface area (Å²) in [5.74, 6) is 0. The summed E-state index contributed by atoms with van der Waals surface area (Å²) in [5, 5.41) is 3.76. The first-order valence-corrected chi connectivity index (χ1v) is 10.5. The SMILES string of the molecule is Cl.Cl.Nc1cccc2c1CCC(NCCCCCCCCc1ccccc1)C2. The predicted molar refractivity (Wildman–Crippen MR) is 127 cm³/mol. The summed E-state index contributed by atoms with van der Waals surface area (Å²) >= 11 is 0. The van der Waals surface area contributed by atoms with Gasteiger partial charge in [0.15, 0.2) is 0 Å². The Bertz CT molecular complexity index is 661. The van der Waals surface area contributed by atoms with E-state index in [0.717, 1.165) is 25.1 Å². The molecule has 28 heavy (non-hydrogen) atoms. The van der Waals surface area contributed by atoms with Crippen molar-refractivity contribution in [3.8, 4) is 0 Å². The minimum Gasteiger partial charge on any atom is -0.398 e. The molecule has 0 fully saturated rings. The molecule has 156 valence electrons. The maximum absolute atomic E-state index is 6.09. The van der Waals surface area contributed by atoms with E-state index in [1.807, 2.05) is 6.07 Å². The van der Waals surface area contributed by atoms with Gasteiger partial charge in [0, 0.05) is 11.7 Å². The fraction of sp³-hybridized carbons (Fsp3) is 0.500. The molecule has 2 aromatic rings. The van der Waals surface area contributed by atoms with Crippen LogP contribution < -0.4 is 11.1 Å². The highest BCUT2D eigenvalue weighted by atomic mass is 35.5. The van der Waals surface area contributed by atoms with E-state index in [-0.39, 0.29) is 24.8 Å². The van der Waals surface area contributed by atoms with Crippen molar-refractivity contribution in [2.24, 2.45) is 0 Å². The van der Waals surface area contributed by atoms with Crippen LogP contribution in [0.3, 0.4) is 0 Å². The third-order valence-corrected chi connectivity index (χ3v) is 5.69. The fourth-order valence-electron chi connectivity index (χ4n) is 4.12. The maximum atomic E-state index is 6.09. The van der Waals surface area contributed by atoms with Crippen LogP contribution in [0.2, 0.25) is 0 Å². The standard InChI is InChI=1S/C24H34N2.2ClH/c25-24-15-10-14-21-19-22(16-17-23(21)24)26-18-9-4-2-1-3-6-11-20-12-7-5-8-13-20;;/h5,7-8,10,12-15,22,26H,1-4,6,9,11,16-19,25H2;2*1H. The van der Waals surface area contributed by atoms with E-state index < -0.39 is 0 Å². The molecule has 0 spiro atoms. The summed E-state index contributed by atoms with van der Waals surface area (Å²) in [5.41, 5.74) is 11.4. The number of halogens is 2. The lowest BCUT2D eigenvalue weighted by atomic mass is 9.87. The van der Waals surface area contributed by atoms with Crippen LogP contribution in [0.1, 0.15) is 61.6 Å². The molecule has 0 amide bonds. The third kappa shape index (κ3) is 8.03. The molecule has 1 atom stereocenters. The molecule has 2 nitrogen and oxygen atoms in total. The highest BCUT2D eigenvalue weighted by molar-refractivity contribution is 5.85. The molecule has 0 heterocycles. The van der Waals surface area contributed by atoms with Crippen LogP contribution in [0.4, 0.5) is 5.69 Å². The zero-order valence-electron chi connectivity index (χ0n) is 16.9. The van der Waals surface area contributed by atoms with Crippen LogP contribution in [-0.2, 0) is 19.3 Å². The van der Waals surface area contributed by atoms with Crippen LogP contribution >= 0.6 is 24.8 Å². The lowest BCUT2D eigenvalue weighted by molar-refractivity contribution is 0.446. The Balaban J connectivity index is 0.00000196. The number of rotatable bonds is 10. The molecule has 3 N–H and O–H groups in total. The number of hydrogen-bond donors (Lipinski definition) is 2. The zero-order chi connectivity index (χ0) is 18.0. The van der Waals surface area contributed by atoms with Crippen LogP contribution in [-0.4, -0.2) is 12.6 Å². The average Bonchev–Trinajstić information content (AvgIpc) is 2.67. The van der Waals surface area contributed by atoms with Crippen LogP contribution in [0, 0.1) is 0 Å². The lowest BCUT2D eigenvalue weighted by Gasteiger charge is -2.26. The zero-order valence-corrected chi connectivity index (χ0v) is 18.5. The van der Waals surface area contributed by atoms with Gasteiger partial charge in [0.25, 0.3) is 0 Å². The summed E-state index contributed by atoms with van der Waals surface area (Å²) in [6.45, 7) is 1.16. The molecule has 3 rings (SSSR count). The Morgan fingerprint density at radius 1 is 0.821 bits per heavy atom. The quantitative estimate of drug-likeness (QED) is 0.356. The van der Waals surface area contributed by atoms with Gasteiger partial charge in [-0.1, -0.05) is 68.1 Å². The minimum atomic E-state index is 0. The molecule has 1 aliphatic rings. The predicted octanol–water partition coefficient (Wildman–Crippen LogP) is 6.14. The monoisotopic (exact) mass is 422 g/mol. The number of fused-ring (bicyclic) bond motifs is 1. The van der Waals surface area contributed by atoms with E-state index in [9.17, 15) is 0 Å². The van der Waals surface area contributed by atoms with Crippen LogP contribution in [0.25, 0.3) is 0 Å². The summed E-state index contributed by atoms with van der Waals surface area (Å²) < 4.78 is 0. The molecule has 2 aromatic carbocycles. The van der Waals surface area contributed by atoms with Crippen LogP contribution in [0.5, 0.6) is 0 Å². The van der Waals surface area contributed by atoms with E-state index in [1.165, 1.54) is 68.1 Å². The number of nitrogens with two attached hydrogens (primary N) is 1. The Morgan fingerprint density at radius 2 is 1.54 bits per heavy atom. The Hall–Kier alpha value is -1.22. The number of nitrogen functional groups attached to an aromatic ring is 1. The lowest BCUT2D eigenvalue weighted by Crippen LogP contribution is -2.35. The number of benzene rings is 2. The van der Waals surface area contributed by atoms with Gasteiger partial charge in [-0.2, -0.15) is 0 Å². The van der Waals surface area contributed by atoms with Gasteiger partial charge in [0.2, 0.25) is 0 Å². The highest BCUT2D eigenvalue weighted by Crippen LogP contribution is 2.26. The van der Waals surface area contributed by atoms with Crippen molar-refractivity contribution < 1.29 is 0 Å². The van der Waals surface area contributed by atoms with Crippen molar-refractivity contribution in [1.29, 1.82) is 0 Å². The van der Waals surface area contributed by atoms with E-state index >= 15 is 0 Å². The maximum Gasteiger partial charge on any atom is 0.0349 e. The highest BCUT2D eigenvalue weighted by Gasteiger charge is 2.19. The van der Waals surface area contributed by atoms with Crippen molar-refractivity contribution in [2.75, 3.05) is 12.3 Å². The number of anilines is 1. The Morgan fingerprint density at radius 3 is 2.32 bits per heavy atom. The summed E-state index contributed by atoms with van der Waals surface area (Å²) in [6.07, 6.45) is 12.8. The van der Waals surface area contributed by atoms with Crippen molar-refractivity contribution in [3.05, 3.63) is 65.2 Å². The molecule has 0 radical (unpaired) electrons. The van der Waals surface area contributed by atoms with Gasteiger partial charge in [-0.15, -0.1) is 24.8 Å². The number of hydrogen-bond acceptors (Lipinski definition) is 2. The molecule has 4 heteroatoms. The van der Waals surface area contributed by atoms with Gasteiger partial charge in [0.1, 0.15) is 0 Å². The molecular formula is C24H36Cl2N2. The van der Waals surface area contributed by atoms with Gasteiger partial charge < -0.3 is 11.1 Å². The first-order valence-electron chi connectivity index (χ1n) is 10.5. The van der Waals surface area contributed by atoms with Gasteiger partial charge in [-0.05, 0) is 67.8 Å². The Kier molecular flexibility index (Phi) is 12.3. The summed E-state index contributed by atoms with van der Waals surface area (Å²) in [4.78, 5) is 0. The molecule has 0 saturated carbocycles. The van der Waals surface area contributed by atoms with Crippen molar-refractivity contribution >= 4 is 30.5 Å². The smallest absolute Gasteiger partial charge is 0.0349 e. The third-order valence-electron chi connectivity index (χ3n) is 5.69. The number of aryl methyl sites for hydroxylation is 1. The van der Waals surface area contributed by atoms with Crippen molar-refractivity contribution in [3.63, 3.8) is 0 Å². The van der Waals surface area contributed by atoms with E-state index in [1.54, 1.807) is 0 Å². The second-order valence-electron chi connectivity index (χ2n) is 7.74. The average molecular weight is 423 g/mol. The van der Waals surface area contributed by atoms with Gasteiger partial charge in [-0.25, -0.2) is 0 Å². The molecular weight excluding hydrogens is 387 g/mol. The molecule has 0 bridgehead atoms. The molecule has 0 aromatic heterocycles. The van der Waals surface area contributed by atoms with Gasteiger partial charge in [0.05, 0.1) is 0 Å². The van der Waals surface area contributed by atoms with E-state index in [4.69, 9.17) is 5.73 Å². The molecule has 0 aliphatic heterocycles. The summed E-state index contributed by atoms with van der Waals surface area (Å²) in [6, 6.07) is 17.9. The molecule has 0 saturated heterocycles. The van der Waals surface area contributed by atoms with Crippen molar-refractivity contribution in [1.82, 2.24) is 5.32 Å². The van der Waals surface area contributed by atoms with Crippen LogP contribution in [0.15, 0.2) is 48.5 Å². The largest absolute Gasteiger partial charge is 0.398 e. The Labute approximate surface area is 183 Å². The van der Waals surface area contributed by atoms with Gasteiger partial charge in [-0.3, -0.25) is 0 Å². The second-order valence-corrected chi connectivity index (χ2v) is 7.74. The topological polar surface area (TPSA) is 38.0 Å². The van der Waals surface area contributed by atoms with Gasteiger partial charge >= 0.3 is 0 Å². The first-order chi connectivity index (χ1) is 12.8. The first kappa shape index (κ1) is 24.8. The summed E-state index contributed by atoms with van der Waals surface area (Å²) in [7, 11) is 0. The second kappa shape index (κ2) is 13.9. The normalized spacial score (nSPS) is 15.2.